The first-order valence-corrected chi connectivity index (χ1v) is 6.04. The van der Waals surface area contributed by atoms with Crippen molar-refractivity contribution in [3.05, 3.63) is 11.1 Å². The second-order valence-electron chi connectivity index (χ2n) is 4.61. The van der Waals surface area contributed by atoms with E-state index >= 15 is 0 Å². The minimum absolute atomic E-state index is 0.167. The van der Waals surface area contributed by atoms with Crippen molar-refractivity contribution >= 4 is 5.91 Å². The third-order valence-electron chi connectivity index (χ3n) is 3.37. The van der Waals surface area contributed by atoms with Gasteiger partial charge in [-0.2, -0.15) is 0 Å². The first-order chi connectivity index (χ1) is 7.15. The molecule has 1 amide bonds. The second kappa shape index (κ2) is 5.94. The minimum atomic E-state index is 0.167. The molecule has 0 spiro atoms. The average Bonchev–Trinajstić information content (AvgIpc) is 3.06. The van der Waals surface area contributed by atoms with Crippen LogP contribution in [0, 0.1) is 5.92 Å². The molecule has 2 heteroatoms. The fourth-order valence-corrected chi connectivity index (χ4v) is 1.88. The summed E-state index contributed by atoms with van der Waals surface area (Å²) in [4.78, 5) is 11.0. The summed E-state index contributed by atoms with van der Waals surface area (Å²) >= 11 is 0. The molecule has 1 N–H and O–H groups in total. The van der Waals surface area contributed by atoms with Crippen molar-refractivity contribution in [2.24, 2.45) is 5.92 Å². The summed E-state index contributed by atoms with van der Waals surface area (Å²) < 4.78 is 0. The van der Waals surface area contributed by atoms with E-state index in [4.69, 9.17) is 0 Å². The van der Waals surface area contributed by atoms with Crippen molar-refractivity contribution < 1.29 is 4.79 Å². The van der Waals surface area contributed by atoms with E-state index in [2.05, 4.69) is 19.2 Å². The molecule has 1 atom stereocenters. The van der Waals surface area contributed by atoms with E-state index in [9.17, 15) is 4.79 Å². The van der Waals surface area contributed by atoms with Crippen molar-refractivity contribution in [3.63, 3.8) is 0 Å². The quantitative estimate of drug-likeness (QED) is 0.528. The topological polar surface area (TPSA) is 29.1 Å². The van der Waals surface area contributed by atoms with Gasteiger partial charge in [-0.1, -0.05) is 24.5 Å². The Balaban J connectivity index is 2.09. The lowest BCUT2D eigenvalue weighted by molar-refractivity contribution is -0.120. The Kier molecular flexibility index (Phi) is 4.86. The molecule has 2 nitrogen and oxygen atoms in total. The molecule has 1 rings (SSSR count). The summed E-state index contributed by atoms with van der Waals surface area (Å²) in [6.45, 7) is 4.58. The van der Waals surface area contributed by atoms with Crippen LogP contribution in [-0.4, -0.2) is 13.0 Å². The largest absolute Gasteiger partial charge is 0.359 e. The predicted molar refractivity (Wildman–Crippen MR) is 63.6 cm³/mol. The molecule has 1 aliphatic rings. The Morgan fingerprint density at radius 2 is 2.07 bits per heavy atom. The Labute approximate surface area is 93.1 Å². The first-order valence-electron chi connectivity index (χ1n) is 6.04. The van der Waals surface area contributed by atoms with E-state index in [0.29, 0.717) is 12.3 Å². The van der Waals surface area contributed by atoms with E-state index < -0.39 is 0 Å². The molecular formula is C13H23NO. The van der Waals surface area contributed by atoms with Crippen LogP contribution >= 0.6 is 0 Å². The first kappa shape index (κ1) is 12.3. The van der Waals surface area contributed by atoms with Gasteiger partial charge in [0.2, 0.25) is 5.91 Å². The number of hydrogen-bond donors (Lipinski definition) is 1. The number of carbonyl (C=O) groups is 1. The van der Waals surface area contributed by atoms with Crippen LogP contribution in [-0.2, 0) is 4.79 Å². The second-order valence-corrected chi connectivity index (χ2v) is 4.61. The zero-order chi connectivity index (χ0) is 11.3. The number of carbonyl (C=O) groups excluding carboxylic acids is 1. The zero-order valence-corrected chi connectivity index (χ0v) is 10.2. The molecular weight excluding hydrogens is 186 g/mol. The summed E-state index contributed by atoms with van der Waals surface area (Å²) in [6.07, 6.45) is 6.75. The van der Waals surface area contributed by atoms with Crippen LogP contribution in [0.25, 0.3) is 0 Å². The monoisotopic (exact) mass is 209 g/mol. The van der Waals surface area contributed by atoms with E-state index in [1.54, 1.807) is 18.2 Å². The number of nitrogens with one attached hydrogen (secondary N) is 1. The summed E-state index contributed by atoms with van der Waals surface area (Å²) in [6, 6.07) is 0. The lowest BCUT2D eigenvalue weighted by atomic mass is 9.95. The van der Waals surface area contributed by atoms with Crippen LogP contribution in [0.4, 0.5) is 0 Å². The maximum absolute atomic E-state index is 11.0. The molecule has 0 aliphatic heterocycles. The number of hydrogen-bond acceptors (Lipinski definition) is 1. The predicted octanol–water partition coefficient (Wildman–Crippen LogP) is 3.04. The van der Waals surface area contributed by atoms with Gasteiger partial charge in [-0.3, -0.25) is 4.79 Å². The van der Waals surface area contributed by atoms with Crippen LogP contribution in [0.15, 0.2) is 11.1 Å². The fraction of sp³-hybridized carbons (Fsp3) is 0.769. The number of unbranched alkanes of at least 4 members (excludes halogenated alkanes) is 1. The highest BCUT2D eigenvalue weighted by Crippen LogP contribution is 2.35. The molecule has 0 unspecified atom stereocenters. The van der Waals surface area contributed by atoms with E-state index in [-0.39, 0.29) is 5.91 Å². The molecule has 0 radical (unpaired) electrons. The molecule has 1 aliphatic carbocycles. The van der Waals surface area contributed by atoms with Crippen LogP contribution in [0.3, 0.4) is 0 Å². The van der Waals surface area contributed by atoms with Crippen LogP contribution in [0.1, 0.15) is 52.4 Å². The van der Waals surface area contributed by atoms with Gasteiger partial charge in [0.25, 0.3) is 0 Å². The molecule has 0 saturated heterocycles. The molecule has 15 heavy (non-hydrogen) atoms. The van der Waals surface area contributed by atoms with Gasteiger partial charge < -0.3 is 5.32 Å². The summed E-state index contributed by atoms with van der Waals surface area (Å²) in [5, 5.41) is 2.66. The Bertz CT molecular complexity index is 249. The van der Waals surface area contributed by atoms with Gasteiger partial charge in [-0.05, 0) is 38.5 Å². The number of amides is 1. The van der Waals surface area contributed by atoms with Gasteiger partial charge in [0.05, 0.1) is 0 Å². The zero-order valence-electron chi connectivity index (χ0n) is 10.2. The third kappa shape index (κ3) is 4.50. The Morgan fingerprint density at radius 1 is 1.40 bits per heavy atom. The van der Waals surface area contributed by atoms with Gasteiger partial charge in [0, 0.05) is 13.5 Å². The summed E-state index contributed by atoms with van der Waals surface area (Å²) in [5.74, 6) is 0.882. The van der Waals surface area contributed by atoms with Gasteiger partial charge >= 0.3 is 0 Å². The maximum Gasteiger partial charge on any atom is 0.219 e. The SMILES string of the molecule is CNC(=O)CCCC[C@H](C)C(C)=C1CC1. The highest BCUT2D eigenvalue weighted by molar-refractivity contribution is 5.75. The van der Waals surface area contributed by atoms with Crippen molar-refractivity contribution in [1.82, 2.24) is 5.32 Å². The van der Waals surface area contributed by atoms with E-state index in [1.807, 2.05) is 0 Å². The molecule has 0 heterocycles. The van der Waals surface area contributed by atoms with Crippen molar-refractivity contribution in [1.29, 1.82) is 0 Å². The van der Waals surface area contributed by atoms with Crippen molar-refractivity contribution in [2.75, 3.05) is 7.05 Å². The Hall–Kier alpha value is -0.790. The Morgan fingerprint density at radius 3 is 2.60 bits per heavy atom. The standard InChI is InChI=1S/C13H23NO/c1-10(11(2)12-8-9-12)6-4-5-7-13(15)14-3/h10H,4-9H2,1-3H3,(H,14,15)/t10-/m0/s1. The molecule has 0 aromatic rings. The molecule has 0 bridgehead atoms. The fourth-order valence-electron chi connectivity index (χ4n) is 1.88. The van der Waals surface area contributed by atoms with E-state index in [0.717, 1.165) is 6.42 Å². The van der Waals surface area contributed by atoms with Crippen LogP contribution in [0.2, 0.25) is 0 Å². The lowest BCUT2D eigenvalue weighted by Gasteiger charge is -2.11. The molecule has 0 aromatic carbocycles. The maximum atomic E-state index is 11.0. The normalized spacial score (nSPS) is 16.1. The lowest BCUT2D eigenvalue weighted by Crippen LogP contribution is -2.16. The minimum Gasteiger partial charge on any atom is -0.359 e. The van der Waals surface area contributed by atoms with Gasteiger partial charge in [-0.25, -0.2) is 0 Å². The van der Waals surface area contributed by atoms with Crippen molar-refractivity contribution in [2.45, 2.75) is 52.4 Å². The van der Waals surface area contributed by atoms with Gasteiger partial charge in [0.15, 0.2) is 0 Å². The number of rotatable bonds is 6. The summed E-state index contributed by atoms with van der Waals surface area (Å²) in [5.41, 5.74) is 3.28. The molecule has 0 aromatic heterocycles. The molecule has 86 valence electrons. The third-order valence-corrected chi connectivity index (χ3v) is 3.37. The van der Waals surface area contributed by atoms with Gasteiger partial charge in [0.1, 0.15) is 0 Å². The van der Waals surface area contributed by atoms with Gasteiger partial charge in [-0.15, -0.1) is 0 Å². The molecule has 1 saturated carbocycles. The highest BCUT2D eigenvalue weighted by atomic mass is 16.1. The smallest absolute Gasteiger partial charge is 0.219 e. The van der Waals surface area contributed by atoms with Crippen LogP contribution in [0.5, 0.6) is 0 Å². The number of allylic oxidation sites excluding steroid dienone is 2. The average molecular weight is 209 g/mol. The van der Waals surface area contributed by atoms with Crippen LogP contribution < -0.4 is 5.32 Å². The summed E-state index contributed by atoms with van der Waals surface area (Å²) in [7, 11) is 1.70. The van der Waals surface area contributed by atoms with Crippen molar-refractivity contribution in [3.8, 4) is 0 Å². The highest BCUT2D eigenvalue weighted by Gasteiger charge is 2.17. The van der Waals surface area contributed by atoms with E-state index in [1.165, 1.54) is 25.7 Å². The molecule has 1 fully saturated rings.